The van der Waals surface area contributed by atoms with Gasteiger partial charge in [-0.25, -0.2) is 13.2 Å². The monoisotopic (exact) mass is 719 g/mol. The lowest BCUT2D eigenvalue weighted by Crippen LogP contribution is -2.57. The Hall–Kier alpha value is -3.98. The largest absolute Gasteiger partial charge is 0.444 e. The van der Waals surface area contributed by atoms with Gasteiger partial charge in [0.2, 0.25) is 23.6 Å². The van der Waals surface area contributed by atoms with Crippen LogP contribution < -0.4 is 26.6 Å². The maximum atomic E-state index is 13.9. The summed E-state index contributed by atoms with van der Waals surface area (Å²) in [5.41, 5.74) is 7.35. The molecule has 1 unspecified atom stereocenters. The molecule has 46 heavy (non-hydrogen) atoms. The molecule has 0 radical (unpaired) electrons. The number of benzene rings is 2. The molecule has 0 bridgehead atoms. The standard InChI is InChI=1S/C31H38BrN5O8S/c1-31(2,3)45-30(42)36-23-10-7-18-13-20(32)14-19-15-24(37(26(18)19)29(23)41)28(40)35-22(11-12-25(33)38)27(39)34-16-17-5-8-21(9-6-17)46(4,43)44/h5-6,8-9,13-14,22-24H,7,10-12,15-16H2,1-4H3,(H2,33,38)(H,34,39)(H,35,40)(H,36,42)/t22?,23-,24-/m0/s1. The summed E-state index contributed by atoms with van der Waals surface area (Å²) in [6.07, 6.45) is 0.951. The first-order valence-corrected chi connectivity index (χ1v) is 17.4. The number of halogens is 1. The van der Waals surface area contributed by atoms with Crippen LogP contribution >= 0.6 is 15.9 Å². The van der Waals surface area contributed by atoms with Gasteiger partial charge in [0.15, 0.2) is 9.84 Å². The maximum absolute atomic E-state index is 13.9. The van der Waals surface area contributed by atoms with Crippen LogP contribution in [0, 0.1) is 0 Å². The molecule has 13 nitrogen and oxygen atoms in total. The summed E-state index contributed by atoms with van der Waals surface area (Å²) in [7, 11) is -3.39. The third-order valence-electron chi connectivity index (χ3n) is 7.56. The van der Waals surface area contributed by atoms with E-state index in [0.29, 0.717) is 17.7 Å². The number of nitrogens with two attached hydrogens (primary N) is 1. The topological polar surface area (TPSA) is 194 Å². The van der Waals surface area contributed by atoms with Gasteiger partial charge in [-0.2, -0.15) is 0 Å². The van der Waals surface area contributed by atoms with Gasteiger partial charge in [0.25, 0.3) is 0 Å². The average Bonchev–Trinajstić information content (AvgIpc) is 3.27. The summed E-state index contributed by atoms with van der Waals surface area (Å²) in [4.78, 5) is 66.8. The first-order valence-electron chi connectivity index (χ1n) is 14.7. The fourth-order valence-electron chi connectivity index (χ4n) is 5.47. The first-order chi connectivity index (χ1) is 21.4. The van der Waals surface area contributed by atoms with E-state index in [1.807, 2.05) is 12.1 Å². The molecule has 2 aromatic carbocycles. The second-order valence-electron chi connectivity index (χ2n) is 12.4. The molecule has 2 aliphatic rings. The van der Waals surface area contributed by atoms with Crippen LogP contribution in [0.15, 0.2) is 45.8 Å². The molecule has 3 atom stereocenters. The molecule has 0 aliphatic carbocycles. The fraction of sp³-hybridized carbons (Fsp3) is 0.452. The molecular formula is C31H38BrN5O8S. The number of anilines is 1. The third kappa shape index (κ3) is 8.63. The van der Waals surface area contributed by atoms with Crippen LogP contribution in [0.25, 0.3) is 0 Å². The average molecular weight is 721 g/mol. The molecular weight excluding hydrogens is 682 g/mol. The molecule has 2 heterocycles. The minimum absolute atomic E-state index is 0.0285. The Balaban J connectivity index is 1.54. The normalized spacial score (nSPS) is 18.2. The van der Waals surface area contributed by atoms with Gasteiger partial charge in [-0.3, -0.25) is 24.1 Å². The van der Waals surface area contributed by atoms with Gasteiger partial charge in [0.05, 0.1) is 10.6 Å². The Labute approximate surface area is 276 Å². The van der Waals surface area contributed by atoms with Crippen molar-refractivity contribution in [3.63, 3.8) is 0 Å². The smallest absolute Gasteiger partial charge is 0.408 e. The molecule has 0 saturated heterocycles. The van der Waals surface area contributed by atoms with E-state index in [1.54, 1.807) is 32.9 Å². The lowest BCUT2D eigenvalue weighted by molar-refractivity contribution is -0.131. The van der Waals surface area contributed by atoms with Gasteiger partial charge in [0, 0.05) is 30.1 Å². The van der Waals surface area contributed by atoms with Crippen molar-refractivity contribution in [3.05, 3.63) is 57.6 Å². The Bertz CT molecular complexity index is 1660. The van der Waals surface area contributed by atoms with Crippen LogP contribution in [0.1, 0.15) is 56.7 Å². The van der Waals surface area contributed by atoms with Crippen molar-refractivity contribution in [2.45, 2.75) is 88.0 Å². The lowest BCUT2D eigenvalue weighted by Gasteiger charge is -2.29. The zero-order chi connectivity index (χ0) is 34.0. The number of aryl methyl sites for hydroxylation is 1. The van der Waals surface area contributed by atoms with Crippen LogP contribution in [0.4, 0.5) is 10.5 Å². The van der Waals surface area contributed by atoms with Gasteiger partial charge in [-0.05, 0) is 81.0 Å². The molecule has 5 N–H and O–H groups in total. The van der Waals surface area contributed by atoms with Gasteiger partial charge in [0.1, 0.15) is 23.7 Å². The number of alkyl carbamates (subject to hydrolysis) is 1. The number of primary amides is 1. The summed E-state index contributed by atoms with van der Waals surface area (Å²) in [5, 5.41) is 8.07. The third-order valence-corrected chi connectivity index (χ3v) is 9.15. The molecule has 0 saturated carbocycles. The number of carbonyl (C=O) groups excluding carboxylic acids is 5. The highest BCUT2D eigenvalue weighted by atomic mass is 79.9. The van der Waals surface area contributed by atoms with E-state index in [0.717, 1.165) is 21.9 Å². The van der Waals surface area contributed by atoms with E-state index < -0.39 is 63.3 Å². The quantitative estimate of drug-likeness (QED) is 0.286. The number of carbonyl (C=O) groups is 5. The second kappa shape index (κ2) is 13.8. The van der Waals surface area contributed by atoms with E-state index in [-0.39, 0.29) is 37.1 Å². The Morgan fingerprint density at radius 1 is 1.11 bits per heavy atom. The zero-order valence-electron chi connectivity index (χ0n) is 26.0. The van der Waals surface area contributed by atoms with Crippen molar-refractivity contribution in [3.8, 4) is 0 Å². The fourth-order valence-corrected chi connectivity index (χ4v) is 6.65. The molecule has 2 aromatic rings. The van der Waals surface area contributed by atoms with Crippen molar-refractivity contribution in [2.24, 2.45) is 5.73 Å². The van der Waals surface area contributed by atoms with Crippen molar-refractivity contribution >= 4 is 61.2 Å². The molecule has 0 spiro atoms. The van der Waals surface area contributed by atoms with Crippen molar-refractivity contribution in [1.82, 2.24) is 16.0 Å². The van der Waals surface area contributed by atoms with Crippen LogP contribution in [0.3, 0.4) is 0 Å². The maximum Gasteiger partial charge on any atom is 0.408 e. The molecule has 248 valence electrons. The van der Waals surface area contributed by atoms with Gasteiger partial charge < -0.3 is 26.4 Å². The van der Waals surface area contributed by atoms with E-state index in [1.165, 1.54) is 17.0 Å². The van der Waals surface area contributed by atoms with Gasteiger partial charge >= 0.3 is 6.09 Å². The van der Waals surface area contributed by atoms with Crippen LogP contribution in [-0.2, 0) is 53.1 Å². The molecule has 5 amide bonds. The SMILES string of the molecule is CC(C)(C)OC(=O)N[C@H]1CCc2cc(Br)cc3c2N(C1=O)[C@H](C(=O)NC(CCC(N)=O)C(=O)NCc1ccc(S(C)(=O)=O)cc1)C3. The van der Waals surface area contributed by atoms with Gasteiger partial charge in [-0.1, -0.05) is 28.1 Å². The number of nitrogens with one attached hydrogen (secondary N) is 3. The molecule has 15 heteroatoms. The molecule has 0 aromatic heterocycles. The molecule has 4 rings (SSSR count). The molecule has 0 fully saturated rings. The number of hydrogen-bond acceptors (Lipinski definition) is 8. The summed E-state index contributed by atoms with van der Waals surface area (Å²) >= 11 is 3.51. The minimum Gasteiger partial charge on any atom is -0.444 e. The number of amides is 5. The predicted octanol–water partition coefficient (Wildman–Crippen LogP) is 2.02. The Morgan fingerprint density at radius 2 is 1.76 bits per heavy atom. The van der Waals surface area contributed by atoms with Crippen LogP contribution in [0.5, 0.6) is 0 Å². The van der Waals surface area contributed by atoms with Crippen molar-refractivity contribution in [1.29, 1.82) is 0 Å². The lowest BCUT2D eigenvalue weighted by atomic mass is 10.0. The van der Waals surface area contributed by atoms with Gasteiger partial charge in [-0.15, -0.1) is 0 Å². The minimum atomic E-state index is -3.39. The highest BCUT2D eigenvalue weighted by Crippen LogP contribution is 2.41. The summed E-state index contributed by atoms with van der Waals surface area (Å²) < 4.78 is 29.6. The van der Waals surface area contributed by atoms with E-state index >= 15 is 0 Å². The second-order valence-corrected chi connectivity index (χ2v) is 15.4. The number of rotatable bonds is 10. The number of ether oxygens (including phenoxy) is 1. The zero-order valence-corrected chi connectivity index (χ0v) is 28.4. The highest BCUT2D eigenvalue weighted by molar-refractivity contribution is 9.10. The summed E-state index contributed by atoms with van der Waals surface area (Å²) in [6.45, 7) is 5.16. The Kier molecular flexibility index (Phi) is 10.5. The van der Waals surface area contributed by atoms with Crippen LogP contribution in [-0.4, -0.2) is 68.1 Å². The number of nitrogens with zero attached hydrogens (tertiary/aromatic N) is 1. The van der Waals surface area contributed by atoms with E-state index in [9.17, 15) is 32.4 Å². The number of sulfone groups is 1. The van der Waals surface area contributed by atoms with Crippen molar-refractivity contribution < 1.29 is 37.1 Å². The van der Waals surface area contributed by atoms with E-state index in [2.05, 4.69) is 31.9 Å². The Morgan fingerprint density at radius 3 is 2.37 bits per heavy atom. The van der Waals surface area contributed by atoms with Crippen LogP contribution in [0.2, 0.25) is 0 Å². The summed E-state index contributed by atoms with van der Waals surface area (Å²) in [6, 6.07) is 6.52. The highest BCUT2D eigenvalue weighted by Gasteiger charge is 2.45. The van der Waals surface area contributed by atoms with E-state index in [4.69, 9.17) is 10.5 Å². The van der Waals surface area contributed by atoms with Crippen molar-refractivity contribution in [2.75, 3.05) is 11.2 Å². The predicted molar refractivity (Wildman–Crippen MR) is 172 cm³/mol. The summed E-state index contributed by atoms with van der Waals surface area (Å²) in [5.74, 6) is -2.36. The first kappa shape index (κ1) is 34.9. The number of hydrogen-bond donors (Lipinski definition) is 4. The molecule has 2 aliphatic heterocycles.